The first kappa shape index (κ1) is 10.4. The molecule has 0 spiro atoms. The molecule has 0 heterocycles. The molecule has 0 unspecified atom stereocenters. The maximum absolute atomic E-state index is 9.29. The molecule has 36 valence electrons. The van der Waals surface area contributed by atoms with Gasteiger partial charge in [0.2, 0.25) is 0 Å². The molecule has 0 fully saturated rings. The summed E-state index contributed by atoms with van der Waals surface area (Å²) in [4.78, 5) is 18.6. The fraction of sp³-hybridized carbons (Fsp3) is 0. The van der Waals surface area contributed by atoms with Crippen LogP contribution in [0.1, 0.15) is 0 Å². The largest absolute Gasteiger partial charge is 3.00 e. The third-order valence-corrected chi connectivity index (χ3v) is 0. The summed E-state index contributed by atoms with van der Waals surface area (Å²) in [5, 5.41) is 0. The van der Waals surface area contributed by atoms with E-state index in [1.807, 2.05) is 0 Å². The van der Waals surface area contributed by atoms with Crippen LogP contribution < -0.4 is 9.79 Å². The molecule has 0 saturated carbocycles. The van der Waals surface area contributed by atoms with Gasteiger partial charge in [-0.25, -0.2) is 0 Å². The summed E-state index contributed by atoms with van der Waals surface area (Å²) < 4.78 is 0. The minimum atomic E-state index is -3.72. The van der Waals surface area contributed by atoms with Crippen LogP contribution in [0.4, 0.5) is 0 Å². The number of rotatable bonds is 0. The molecule has 0 aromatic heterocycles. The predicted molar refractivity (Wildman–Crippen MR) is 21.6 cm³/mol. The molecule has 0 aliphatic carbocycles. The Bertz CT molecular complexity index is 57.7. The molecule has 6 heavy (non-hydrogen) atoms. The summed E-state index contributed by atoms with van der Waals surface area (Å²) >= 11 is 7.28. The molecule has 0 atom stereocenters. The van der Waals surface area contributed by atoms with Crippen molar-refractivity contribution in [3.05, 3.63) is 0 Å². The van der Waals surface area contributed by atoms with Gasteiger partial charge in [-0.1, -0.05) is 0 Å². The smallest absolute Gasteiger partial charge is 0.850 e. The molecule has 0 saturated heterocycles. The van der Waals surface area contributed by atoms with Crippen molar-refractivity contribution in [1.29, 1.82) is 0 Å². The second-order valence-electron chi connectivity index (χ2n) is 0.447. The molecular weight excluding hydrogens is 182 g/mol. The van der Waals surface area contributed by atoms with Crippen LogP contribution >= 0.6 is 5.69 Å². The maximum atomic E-state index is 9.29. The topological polar surface area (TPSA) is 46.1 Å². The molecule has 0 rings (SSSR count). The Hall–Kier alpha value is 1.44. The SMILES string of the molecule is [Mn+3].[O-]P([O-])(=S)[S-]. The van der Waals surface area contributed by atoms with Crippen LogP contribution in [0.25, 0.3) is 0 Å². The summed E-state index contributed by atoms with van der Waals surface area (Å²) in [7, 11) is 0. The third-order valence-electron chi connectivity index (χ3n) is 0. The van der Waals surface area contributed by atoms with Gasteiger partial charge in [0.1, 0.15) is 0 Å². The summed E-state index contributed by atoms with van der Waals surface area (Å²) in [6.45, 7) is 0. The average molecular weight is 182 g/mol. The Morgan fingerprint density at radius 3 is 1.50 bits per heavy atom. The van der Waals surface area contributed by atoms with Gasteiger partial charge in [0.05, 0.1) is 0 Å². The standard InChI is InChI=1S/Mn.H3O2PS2/c;1-3(2,4)5/h;(H3,1,2,4,5)/q+3;/p-3. The molecule has 0 bridgehead atoms. The van der Waals surface area contributed by atoms with Gasteiger partial charge in [0.15, 0.2) is 0 Å². The van der Waals surface area contributed by atoms with Gasteiger partial charge in [0, 0.05) is 0 Å². The predicted octanol–water partition coefficient (Wildman–Crippen LogP) is -1.52. The van der Waals surface area contributed by atoms with E-state index in [9.17, 15) is 9.79 Å². The van der Waals surface area contributed by atoms with E-state index in [0.29, 0.717) is 0 Å². The Kier molecular flexibility index (Phi) is 5.98. The molecule has 6 heteroatoms. The summed E-state index contributed by atoms with van der Waals surface area (Å²) in [5.41, 5.74) is -3.72. The Balaban J connectivity index is 0. The van der Waals surface area contributed by atoms with E-state index in [2.05, 4.69) is 24.1 Å². The van der Waals surface area contributed by atoms with Gasteiger partial charge in [-0.15, -0.1) is 0 Å². The molecule has 0 N–H and O–H groups in total. The molecule has 0 aliphatic heterocycles. The molecule has 0 aliphatic rings. The minimum absolute atomic E-state index is 0. The van der Waals surface area contributed by atoms with Crippen LogP contribution in [-0.2, 0) is 41.1 Å². The first-order chi connectivity index (χ1) is 2.00. The summed E-state index contributed by atoms with van der Waals surface area (Å²) in [6, 6.07) is 0. The van der Waals surface area contributed by atoms with Crippen molar-refractivity contribution in [2.75, 3.05) is 0 Å². The van der Waals surface area contributed by atoms with Crippen molar-refractivity contribution >= 4 is 29.7 Å². The van der Waals surface area contributed by atoms with Crippen LogP contribution in [0.3, 0.4) is 0 Å². The zero-order chi connectivity index (χ0) is 4.50. The summed E-state index contributed by atoms with van der Waals surface area (Å²) in [5.74, 6) is 0. The summed E-state index contributed by atoms with van der Waals surface area (Å²) in [6.07, 6.45) is 0. The second kappa shape index (κ2) is 3.44. The average Bonchev–Trinajstić information content (AvgIpc) is 0.722. The molecular formula is MnO2PS2. The van der Waals surface area contributed by atoms with Crippen LogP contribution in [0.2, 0.25) is 0 Å². The van der Waals surface area contributed by atoms with Crippen LogP contribution in [-0.4, -0.2) is 0 Å². The van der Waals surface area contributed by atoms with Crippen molar-refractivity contribution in [2.45, 2.75) is 0 Å². The monoisotopic (exact) mass is 182 g/mol. The van der Waals surface area contributed by atoms with E-state index >= 15 is 0 Å². The zero-order valence-corrected chi connectivity index (χ0v) is 6.17. The van der Waals surface area contributed by atoms with E-state index in [-0.39, 0.29) is 17.1 Å². The molecule has 0 aromatic carbocycles. The fourth-order valence-electron chi connectivity index (χ4n) is 0. The molecule has 2 nitrogen and oxygen atoms in total. The van der Waals surface area contributed by atoms with Crippen LogP contribution in [0.5, 0.6) is 0 Å². The Labute approximate surface area is 56.8 Å². The first-order valence-electron chi connectivity index (χ1n) is 0.730. The Morgan fingerprint density at radius 1 is 1.50 bits per heavy atom. The molecule has 0 aromatic rings. The van der Waals surface area contributed by atoms with Gasteiger partial charge < -0.3 is 27.7 Å². The molecule has 0 radical (unpaired) electrons. The maximum Gasteiger partial charge on any atom is 3.00 e. The van der Waals surface area contributed by atoms with Crippen molar-refractivity contribution < 1.29 is 26.9 Å². The van der Waals surface area contributed by atoms with Crippen molar-refractivity contribution in [3.63, 3.8) is 0 Å². The van der Waals surface area contributed by atoms with Crippen molar-refractivity contribution in [2.24, 2.45) is 0 Å². The second-order valence-corrected chi connectivity index (χ2v) is 4.92. The van der Waals surface area contributed by atoms with Gasteiger partial charge in [-0.3, -0.25) is 0 Å². The van der Waals surface area contributed by atoms with E-state index in [4.69, 9.17) is 0 Å². The van der Waals surface area contributed by atoms with Crippen LogP contribution in [0, 0.1) is 0 Å². The van der Waals surface area contributed by atoms with Gasteiger partial charge in [0.25, 0.3) is 0 Å². The number of hydrogen-bond donors (Lipinski definition) is 0. The van der Waals surface area contributed by atoms with Gasteiger partial charge >= 0.3 is 17.1 Å². The molecule has 0 amide bonds. The zero-order valence-electron chi connectivity index (χ0n) is 2.46. The normalized spacial score (nSPS) is 9.83. The minimum Gasteiger partial charge on any atom is -0.850 e. The Morgan fingerprint density at radius 2 is 1.50 bits per heavy atom. The van der Waals surface area contributed by atoms with Gasteiger partial charge in [-0.05, 0) is 0 Å². The first-order valence-corrected chi connectivity index (χ1v) is 4.38. The van der Waals surface area contributed by atoms with Crippen molar-refractivity contribution in [3.8, 4) is 0 Å². The fourth-order valence-corrected chi connectivity index (χ4v) is 0. The van der Waals surface area contributed by atoms with Crippen LogP contribution in [0.15, 0.2) is 0 Å². The van der Waals surface area contributed by atoms with E-state index in [1.54, 1.807) is 0 Å². The van der Waals surface area contributed by atoms with Crippen molar-refractivity contribution in [1.82, 2.24) is 0 Å². The van der Waals surface area contributed by atoms with E-state index < -0.39 is 5.69 Å². The van der Waals surface area contributed by atoms with E-state index in [0.717, 1.165) is 0 Å². The third kappa shape index (κ3) is 51.7. The quantitative estimate of drug-likeness (QED) is 0.259. The number of hydrogen-bond acceptors (Lipinski definition) is 4. The van der Waals surface area contributed by atoms with Gasteiger partial charge in [-0.2, -0.15) is 11.8 Å². The van der Waals surface area contributed by atoms with E-state index in [1.165, 1.54) is 0 Å².